The van der Waals surface area contributed by atoms with Crippen molar-refractivity contribution in [1.29, 1.82) is 0 Å². The highest BCUT2D eigenvalue weighted by Crippen LogP contribution is 2.34. The van der Waals surface area contributed by atoms with Gasteiger partial charge >= 0.3 is 5.97 Å². The van der Waals surface area contributed by atoms with Crippen LogP contribution in [0.1, 0.15) is 32.1 Å². The van der Waals surface area contributed by atoms with Crippen LogP contribution in [0.15, 0.2) is 82.4 Å². The molecule has 54 heavy (non-hydrogen) atoms. The molecule has 0 unspecified atom stereocenters. The molecule has 7 rings (SSSR count). The lowest BCUT2D eigenvalue weighted by molar-refractivity contribution is -0.104. The molecule has 0 atom stereocenters. The summed E-state index contributed by atoms with van der Waals surface area (Å²) in [5.74, 6) is -0.649. The van der Waals surface area contributed by atoms with E-state index in [4.69, 9.17) is 16.2 Å². The molecule has 268 valence electrons. The molecular formula is C30H24N20O4. The van der Waals surface area contributed by atoms with Crippen LogP contribution in [0, 0.1) is 13.8 Å². The van der Waals surface area contributed by atoms with Gasteiger partial charge in [0.1, 0.15) is 11.9 Å². The van der Waals surface area contributed by atoms with Gasteiger partial charge in [-0.2, -0.15) is 39.1 Å². The van der Waals surface area contributed by atoms with Crippen molar-refractivity contribution >= 4 is 52.7 Å². The number of aromatic nitrogens is 14. The Balaban J connectivity index is 1.21. The number of ketones is 1. The number of Topliss-reactive ketones (excluding diaryl/α,β-unsaturated/α-hetero) is 1. The normalized spacial score (nSPS) is 11.5. The molecule has 0 aliphatic rings. The summed E-state index contributed by atoms with van der Waals surface area (Å²) in [6.45, 7) is 3.29. The minimum absolute atomic E-state index is 0.0143. The van der Waals surface area contributed by atoms with Crippen LogP contribution in [-0.4, -0.2) is 94.2 Å². The van der Waals surface area contributed by atoms with E-state index in [0.717, 1.165) is 0 Å². The largest absolute Gasteiger partial charge is 0.465 e. The number of hydrogen-bond acceptors (Lipinski definition) is 20. The minimum Gasteiger partial charge on any atom is -0.465 e. The van der Waals surface area contributed by atoms with Gasteiger partial charge in [0.05, 0.1) is 48.8 Å². The first-order chi connectivity index (χ1) is 26.2. The van der Waals surface area contributed by atoms with Crippen molar-refractivity contribution in [3.63, 3.8) is 0 Å². The van der Waals surface area contributed by atoms with Gasteiger partial charge in [0.25, 0.3) is 0 Å². The highest BCUT2D eigenvalue weighted by molar-refractivity contribution is 6.34. The molecule has 0 radical (unpaired) electrons. The number of hydrogen-bond donors (Lipinski definition) is 2. The number of aryl methyl sites for hydroxylation is 2. The molecule has 4 N–H and O–H groups in total. The molecule has 0 amide bonds. The summed E-state index contributed by atoms with van der Waals surface area (Å²) in [6.07, 6.45) is 12.5. The van der Waals surface area contributed by atoms with Gasteiger partial charge in [0.2, 0.25) is 5.78 Å². The van der Waals surface area contributed by atoms with Gasteiger partial charge in [-0.15, -0.1) is 20.5 Å². The fraction of sp³-hybridized carbons (Fsp3) is 0.100. The van der Waals surface area contributed by atoms with E-state index in [2.05, 4.69) is 70.8 Å². The summed E-state index contributed by atoms with van der Waals surface area (Å²) in [7, 11) is 1.23. The molecule has 7 heterocycles. The number of rotatable bonds is 11. The van der Waals surface area contributed by atoms with E-state index in [1.165, 1.54) is 87.8 Å². The average Bonchev–Trinajstić information content (AvgIpc) is 3.96. The highest BCUT2D eigenvalue weighted by Gasteiger charge is 2.23. The monoisotopic (exact) mass is 728 g/mol. The number of carbonyl (C=O) groups is 3. The van der Waals surface area contributed by atoms with Gasteiger partial charge in [-0.1, -0.05) is 0 Å². The Labute approximate surface area is 301 Å². The summed E-state index contributed by atoms with van der Waals surface area (Å²) < 4.78 is 9.96. The zero-order valence-corrected chi connectivity index (χ0v) is 28.2. The minimum atomic E-state index is -0.870. The number of methoxy groups -OCH3 is 1. The predicted octanol–water partition coefficient (Wildman–Crippen LogP) is 2.58. The maximum absolute atomic E-state index is 12.5. The van der Waals surface area contributed by atoms with Crippen LogP contribution in [0.3, 0.4) is 0 Å². The van der Waals surface area contributed by atoms with Gasteiger partial charge in [-0.05, 0) is 13.8 Å². The Morgan fingerprint density at radius 2 is 1.17 bits per heavy atom. The van der Waals surface area contributed by atoms with E-state index in [-0.39, 0.29) is 75.3 Å². The van der Waals surface area contributed by atoms with E-state index in [1.54, 1.807) is 13.8 Å². The lowest BCUT2D eigenvalue weighted by atomic mass is 10.2. The Kier molecular flexibility index (Phi) is 8.94. The standard InChI is InChI=1S/C30H24N20O4/c1-15-24(41-43-28-17(19(52)13-51)9-39-49(28)22-11-33-4-6-35-22)26(31)47(45-15)20-8-21(38-14-37-20)48-27(32)25(16(2)46-48)42-44-29-18(30(53)54-3)10-40-50(29)23-12-34-5-7-36-23/h4-14H,31-32H2,1-3H3. The first-order valence-electron chi connectivity index (χ1n) is 15.3. The molecule has 0 saturated carbocycles. The van der Waals surface area contributed by atoms with E-state index in [9.17, 15) is 14.4 Å². The number of esters is 1. The van der Waals surface area contributed by atoms with Crippen LogP contribution in [0.4, 0.5) is 34.6 Å². The number of azo groups is 2. The van der Waals surface area contributed by atoms with Crippen molar-refractivity contribution in [3.8, 4) is 23.3 Å². The molecule has 0 bridgehead atoms. The Morgan fingerprint density at radius 1 is 0.667 bits per heavy atom. The van der Waals surface area contributed by atoms with Crippen molar-refractivity contribution in [3.05, 3.63) is 84.5 Å². The fourth-order valence-electron chi connectivity index (χ4n) is 4.94. The third-order valence-electron chi connectivity index (χ3n) is 7.49. The summed E-state index contributed by atoms with van der Waals surface area (Å²) in [5, 5.41) is 34.3. The molecule has 0 fully saturated rings. The summed E-state index contributed by atoms with van der Waals surface area (Å²) in [5.41, 5.74) is 13.9. The second kappa shape index (κ2) is 14.1. The summed E-state index contributed by atoms with van der Waals surface area (Å²) in [6, 6.07) is 1.51. The quantitative estimate of drug-likeness (QED) is 0.0635. The third kappa shape index (κ3) is 6.16. The second-order valence-electron chi connectivity index (χ2n) is 10.8. The smallest absolute Gasteiger partial charge is 0.343 e. The van der Waals surface area contributed by atoms with E-state index < -0.39 is 11.8 Å². The Morgan fingerprint density at radius 3 is 1.63 bits per heavy atom. The first-order valence-corrected chi connectivity index (χ1v) is 15.3. The lowest BCUT2D eigenvalue weighted by Crippen LogP contribution is -2.09. The van der Waals surface area contributed by atoms with Crippen molar-refractivity contribution in [1.82, 2.24) is 69.0 Å². The molecule has 24 nitrogen and oxygen atoms in total. The number of nitrogens with zero attached hydrogens (tertiary/aromatic N) is 18. The Bertz CT molecular complexity index is 2600. The first kappa shape index (κ1) is 34.2. The Hall–Kier alpha value is -8.31. The number of carbonyl (C=O) groups excluding carboxylic acids is 3. The zero-order chi connectivity index (χ0) is 37.9. The van der Waals surface area contributed by atoms with Crippen LogP contribution in [0.25, 0.3) is 23.3 Å². The number of anilines is 2. The van der Waals surface area contributed by atoms with Crippen LogP contribution < -0.4 is 11.5 Å². The van der Waals surface area contributed by atoms with Crippen LogP contribution in [0.5, 0.6) is 0 Å². The molecule has 0 aliphatic carbocycles. The number of nitrogen functional groups attached to an aromatic ring is 2. The molecule has 0 spiro atoms. The number of aldehydes is 1. The lowest BCUT2D eigenvalue weighted by Gasteiger charge is -2.06. The summed E-state index contributed by atoms with van der Waals surface area (Å²) in [4.78, 5) is 61.2. The average molecular weight is 729 g/mol. The van der Waals surface area contributed by atoms with Crippen molar-refractivity contribution < 1.29 is 19.1 Å². The molecule has 0 saturated heterocycles. The van der Waals surface area contributed by atoms with Crippen LogP contribution in [0.2, 0.25) is 0 Å². The maximum Gasteiger partial charge on any atom is 0.343 e. The topological polar surface area (TPSA) is 311 Å². The van der Waals surface area contributed by atoms with Crippen LogP contribution >= 0.6 is 0 Å². The van der Waals surface area contributed by atoms with Gasteiger partial charge < -0.3 is 16.2 Å². The highest BCUT2D eigenvalue weighted by atomic mass is 16.5. The summed E-state index contributed by atoms with van der Waals surface area (Å²) >= 11 is 0. The van der Waals surface area contributed by atoms with Crippen LogP contribution in [-0.2, 0) is 9.53 Å². The van der Waals surface area contributed by atoms with Gasteiger partial charge in [-0.25, -0.2) is 24.7 Å². The van der Waals surface area contributed by atoms with Gasteiger partial charge in [-0.3, -0.25) is 19.6 Å². The molecule has 7 aromatic rings. The molecule has 7 aromatic heterocycles. The van der Waals surface area contributed by atoms with Gasteiger partial charge in [0.15, 0.2) is 64.2 Å². The van der Waals surface area contributed by atoms with Crippen molar-refractivity contribution in [2.24, 2.45) is 20.5 Å². The number of nitrogens with two attached hydrogens (primary N) is 2. The van der Waals surface area contributed by atoms with E-state index in [1.807, 2.05) is 0 Å². The van der Waals surface area contributed by atoms with Crippen molar-refractivity contribution in [2.75, 3.05) is 18.6 Å². The maximum atomic E-state index is 12.5. The molecule has 0 aromatic carbocycles. The third-order valence-corrected chi connectivity index (χ3v) is 7.49. The zero-order valence-electron chi connectivity index (χ0n) is 28.2. The second-order valence-corrected chi connectivity index (χ2v) is 10.8. The predicted molar refractivity (Wildman–Crippen MR) is 183 cm³/mol. The van der Waals surface area contributed by atoms with E-state index >= 15 is 0 Å². The molecule has 24 heteroatoms. The fourth-order valence-corrected chi connectivity index (χ4v) is 4.94. The molecular weight excluding hydrogens is 704 g/mol. The van der Waals surface area contributed by atoms with E-state index in [0.29, 0.717) is 11.4 Å². The number of ether oxygens (including phenoxy) is 1. The SMILES string of the molecule is COC(=O)c1cnn(-c2cnccn2)c1N=Nc1c(C)nn(-c2cc(-n3nc(C)c(N=Nc4c(C(=O)C=O)cnn4-c4cnccn4)c3N)ncn2)c1N. The molecule has 0 aliphatic heterocycles. The van der Waals surface area contributed by atoms with Crippen molar-refractivity contribution in [2.45, 2.75) is 13.8 Å². The van der Waals surface area contributed by atoms with Gasteiger partial charge in [0, 0.05) is 30.9 Å².